The smallest absolute Gasteiger partial charge is 0.315 e. The lowest BCUT2D eigenvalue weighted by Crippen LogP contribution is -2.42. The van der Waals surface area contributed by atoms with Crippen LogP contribution < -0.4 is 10.6 Å². The number of hydrogen-bond donors (Lipinski definition) is 3. The molecular formula is C14H20F2N2O2. The fraction of sp³-hybridized carbons (Fsp3) is 0.500. The molecule has 1 atom stereocenters. The Bertz CT molecular complexity index is 441. The van der Waals surface area contributed by atoms with E-state index in [2.05, 4.69) is 10.6 Å². The summed E-state index contributed by atoms with van der Waals surface area (Å²) in [6.07, 6.45) is 1.42. The van der Waals surface area contributed by atoms with Crippen molar-refractivity contribution in [2.45, 2.75) is 32.2 Å². The summed E-state index contributed by atoms with van der Waals surface area (Å²) in [6.45, 7) is 2.12. The maximum Gasteiger partial charge on any atom is 0.315 e. The second-order valence-corrected chi connectivity index (χ2v) is 4.50. The highest BCUT2D eigenvalue weighted by Crippen LogP contribution is 2.09. The van der Waals surface area contributed by atoms with Crippen LogP contribution in [-0.2, 0) is 6.42 Å². The molecule has 4 nitrogen and oxygen atoms in total. The monoisotopic (exact) mass is 286 g/mol. The van der Waals surface area contributed by atoms with Crippen molar-refractivity contribution in [2.75, 3.05) is 13.2 Å². The van der Waals surface area contributed by atoms with Crippen LogP contribution >= 0.6 is 0 Å². The van der Waals surface area contributed by atoms with Crippen LogP contribution in [0.1, 0.15) is 25.3 Å². The van der Waals surface area contributed by atoms with Gasteiger partial charge in [0.05, 0.1) is 0 Å². The van der Waals surface area contributed by atoms with Crippen molar-refractivity contribution in [1.29, 1.82) is 0 Å². The normalized spacial score (nSPS) is 12.0. The second-order valence-electron chi connectivity index (χ2n) is 4.50. The van der Waals surface area contributed by atoms with Crippen molar-refractivity contribution in [2.24, 2.45) is 0 Å². The van der Waals surface area contributed by atoms with Gasteiger partial charge in [-0.3, -0.25) is 0 Å². The Morgan fingerprint density at radius 2 is 2.15 bits per heavy atom. The topological polar surface area (TPSA) is 61.4 Å². The Balaban J connectivity index is 2.36. The van der Waals surface area contributed by atoms with E-state index in [9.17, 15) is 13.6 Å². The Hall–Kier alpha value is -1.69. The molecule has 0 saturated heterocycles. The minimum absolute atomic E-state index is 0.00723. The summed E-state index contributed by atoms with van der Waals surface area (Å²) in [7, 11) is 0. The number of aliphatic hydroxyl groups excluding tert-OH is 1. The number of urea groups is 1. The lowest BCUT2D eigenvalue weighted by atomic mass is 10.1. The van der Waals surface area contributed by atoms with E-state index in [-0.39, 0.29) is 37.2 Å². The van der Waals surface area contributed by atoms with Gasteiger partial charge in [-0.25, -0.2) is 13.6 Å². The molecule has 0 heterocycles. The minimum atomic E-state index is -0.500. The number of halogens is 2. The van der Waals surface area contributed by atoms with Crippen molar-refractivity contribution < 1.29 is 18.7 Å². The largest absolute Gasteiger partial charge is 0.396 e. The van der Waals surface area contributed by atoms with E-state index < -0.39 is 11.6 Å². The highest BCUT2D eigenvalue weighted by atomic mass is 19.1. The van der Waals surface area contributed by atoms with Crippen LogP contribution in [0.25, 0.3) is 0 Å². The molecule has 0 aromatic heterocycles. The number of benzene rings is 1. The van der Waals surface area contributed by atoms with Crippen LogP contribution in [-0.4, -0.2) is 30.3 Å². The summed E-state index contributed by atoms with van der Waals surface area (Å²) in [5.74, 6) is -0.986. The third-order valence-corrected chi connectivity index (χ3v) is 2.99. The molecule has 6 heteroatoms. The maximum atomic E-state index is 13.3. The first-order chi connectivity index (χ1) is 9.56. The number of aliphatic hydroxyl groups is 1. The van der Waals surface area contributed by atoms with Gasteiger partial charge in [0.1, 0.15) is 11.6 Å². The highest BCUT2D eigenvalue weighted by Gasteiger charge is 2.09. The zero-order valence-corrected chi connectivity index (χ0v) is 11.5. The van der Waals surface area contributed by atoms with Gasteiger partial charge in [-0.2, -0.15) is 0 Å². The highest BCUT2D eigenvalue weighted by molar-refractivity contribution is 5.74. The van der Waals surface area contributed by atoms with Crippen molar-refractivity contribution >= 4 is 6.03 Å². The third-order valence-electron chi connectivity index (χ3n) is 2.99. The molecule has 2 amide bonds. The Morgan fingerprint density at radius 1 is 1.40 bits per heavy atom. The molecule has 0 aliphatic rings. The molecule has 1 rings (SSSR count). The summed E-state index contributed by atoms with van der Waals surface area (Å²) in [4.78, 5) is 11.6. The van der Waals surface area contributed by atoms with Gasteiger partial charge in [0.15, 0.2) is 0 Å². The molecule has 20 heavy (non-hydrogen) atoms. The summed E-state index contributed by atoms with van der Waals surface area (Å²) >= 11 is 0. The van der Waals surface area contributed by atoms with E-state index in [1.165, 1.54) is 0 Å². The standard InChI is InChI=1S/C14H20F2N2O2/c1-2-12(6-8-19)18-14(20)17-7-5-10-9-11(15)3-4-13(10)16/h3-4,9,12,19H,2,5-8H2,1H3,(H2,17,18,20). The zero-order valence-electron chi connectivity index (χ0n) is 11.5. The second kappa shape index (κ2) is 8.47. The SMILES string of the molecule is CCC(CCO)NC(=O)NCCc1cc(F)ccc1F. The Labute approximate surface area is 117 Å². The van der Waals surface area contributed by atoms with Gasteiger partial charge in [0.2, 0.25) is 0 Å². The third kappa shape index (κ3) is 5.52. The van der Waals surface area contributed by atoms with Gasteiger partial charge < -0.3 is 15.7 Å². The van der Waals surface area contributed by atoms with E-state index >= 15 is 0 Å². The van der Waals surface area contributed by atoms with Gasteiger partial charge in [0, 0.05) is 19.2 Å². The lowest BCUT2D eigenvalue weighted by Gasteiger charge is -2.16. The quantitative estimate of drug-likeness (QED) is 0.717. The minimum Gasteiger partial charge on any atom is -0.396 e. The van der Waals surface area contributed by atoms with Gasteiger partial charge >= 0.3 is 6.03 Å². The summed E-state index contributed by atoms with van der Waals surface area (Å²) in [5, 5.41) is 14.1. The summed E-state index contributed by atoms with van der Waals surface area (Å²) < 4.78 is 26.3. The predicted octanol–water partition coefficient (Wildman–Crippen LogP) is 1.97. The van der Waals surface area contributed by atoms with E-state index in [1.807, 2.05) is 6.92 Å². The molecule has 0 saturated carbocycles. The predicted molar refractivity (Wildman–Crippen MR) is 72.4 cm³/mol. The number of amides is 2. The van der Waals surface area contributed by atoms with Crippen molar-refractivity contribution in [3.8, 4) is 0 Å². The Kier molecular flexibility index (Phi) is 6.93. The fourth-order valence-electron chi connectivity index (χ4n) is 1.82. The fourth-order valence-corrected chi connectivity index (χ4v) is 1.82. The molecule has 1 aromatic carbocycles. The summed E-state index contributed by atoms with van der Waals surface area (Å²) in [6, 6.07) is 2.78. The van der Waals surface area contributed by atoms with Gasteiger partial charge in [-0.1, -0.05) is 6.92 Å². The van der Waals surface area contributed by atoms with Crippen molar-refractivity contribution in [3.05, 3.63) is 35.4 Å². The zero-order chi connectivity index (χ0) is 15.0. The molecule has 0 fully saturated rings. The number of rotatable bonds is 7. The first-order valence-corrected chi connectivity index (χ1v) is 6.66. The Morgan fingerprint density at radius 3 is 2.80 bits per heavy atom. The van der Waals surface area contributed by atoms with Gasteiger partial charge in [-0.05, 0) is 43.0 Å². The lowest BCUT2D eigenvalue weighted by molar-refractivity contribution is 0.228. The van der Waals surface area contributed by atoms with E-state index in [4.69, 9.17) is 5.11 Å². The number of carbonyl (C=O) groups is 1. The van der Waals surface area contributed by atoms with Crippen LogP contribution in [0.2, 0.25) is 0 Å². The first-order valence-electron chi connectivity index (χ1n) is 6.66. The number of nitrogens with one attached hydrogen (secondary N) is 2. The van der Waals surface area contributed by atoms with Crippen molar-refractivity contribution in [3.63, 3.8) is 0 Å². The van der Waals surface area contributed by atoms with E-state index in [1.54, 1.807) is 0 Å². The molecule has 0 aliphatic carbocycles. The average molecular weight is 286 g/mol. The van der Waals surface area contributed by atoms with Crippen LogP contribution in [0.15, 0.2) is 18.2 Å². The molecule has 1 unspecified atom stereocenters. The first kappa shape index (κ1) is 16.4. The number of hydrogen-bond acceptors (Lipinski definition) is 2. The maximum absolute atomic E-state index is 13.3. The van der Waals surface area contributed by atoms with Crippen LogP contribution in [0.4, 0.5) is 13.6 Å². The molecule has 112 valence electrons. The van der Waals surface area contributed by atoms with Crippen LogP contribution in [0, 0.1) is 11.6 Å². The molecular weight excluding hydrogens is 266 g/mol. The molecule has 0 bridgehead atoms. The van der Waals surface area contributed by atoms with Crippen LogP contribution in [0.3, 0.4) is 0 Å². The molecule has 0 spiro atoms. The van der Waals surface area contributed by atoms with Crippen LogP contribution in [0.5, 0.6) is 0 Å². The summed E-state index contributed by atoms with van der Waals surface area (Å²) in [5.41, 5.74) is 0.229. The average Bonchev–Trinajstić information content (AvgIpc) is 2.42. The van der Waals surface area contributed by atoms with E-state index in [0.717, 1.165) is 18.2 Å². The number of carbonyl (C=O) groups excluding carboxylic acids is 1. The van der Waals surface area contributed by atoms with Gasteiger partial charge in [0.25, 0.3) is 0 Å². The van der Waals surface area contributed by atoms with E-state index in [0.29, 0.717) is 12.8 Å². The molecule has 3 N–H and O–H groups in total. The van der Waals surface area contributed by atoms with Gasteiger partial charge in [-0.15, -0.1) is 0 Å². The molecule has 1 aromatic rings. The molecule has 0 radical (unpaired) electrons. The van der Waals surface area contributed by atoms with Crippen molar-refractivity contribution in [1.82, 2.24) is 10.6 Å². The molecule has 0 aliphatic heterocycles.